The number of nitrogens with zero attached hydrogens (tertiary/aromatic N) is 5. The Hall–Kier alpha value is -2.32. The molecule has 0 aromatic carbocycles. The summed E-state index contributed by atoms with van der Waals surface area (Å²) in [5, 5.41) is 13.9. The maximum absolute atomic E-state index is 12.1. The predicted octanol–water partition coefficient (Wildman–Crippen LogP) is 2.00. The lowest BCUT2D eigenvalue weighted by molar-refractivity contribution is -0.117. The van der Waals surface area contributed by atoms with Gasteiger partial charge in [-0.3, -0.25) is 14.1 Å². The van der Waals surface area contributed by atoms with E-state index in [1.807, 2.05) is 29.8 Å². The molecule has 4 rings (SSSR count). The molecule has 4 heterocycles. The standard InChI is InChI=1S/C16H18N6OS/c23-14(18-16-17-6-10-24-16)11-21-8-4-12(5-9-21)15-20-19-13-3-1-2-7-22(13)15/h1-3,6-7,10,12H,4-5,8-9,11H2,(H,17,18,23). The van der Waals surface area contributed by atoms with Crippen molar-refractivity contribution in [3.8, 4) is 0 Å². The second kappa shape index (κ2) is 6.66. The third-order valence-electron chi connectivity index (χ3n) is 4.34. The van der Waals surface area contributed by atoms with Gasteiger partial charge in [-0.1, -0.05) is 6.07 Å². The number of likely N-dealkylation sites (tertiary alicyclic amines) is 1. The number of carbonyl (C=O) groups excluding carboxylic acids is 1. The largest absolute Gasteiger partial charge is 0.301 e. The van der Waals surface area contributed by atoms with Gasteiger partial charge >= 0.3 is 0 Å². The second-order valence-electron chi connectivity index (χ2n) is 5.92. The van der Waals surface area contributed by atoms with Crippen LogP contribution in [0.3, 0.4) is 0 Å². The topological polar surface area (TPSA) is 75.4 Å². The smallest absolute Gasteiger partial charge is 0.240 e. The highest BCUT2D eigenvalue weighted by atomic mass is 32.1. The normalized spacial score (nSPS) is 16.5. The summed E-state index contributed by atoms with van der Waals surface area (Å²) in [6, 6.07) is 5.93. The Morgan fingerprint density at radius 2 is 2.17 bits per heavy atom. The van der Waals surface area contributed by atoms with E-state index in [0.717, 1.165) is 37.4 Å². The fourth-order valence-corrected chi connectivity index (χ4v) is 3.68. The third-order valence-corrected chi connectivity index (χ3v) is 5.03. The second-order valence-corrected chi connectivity index (χ2v) is 6.82. The number of hydrogen-bond donors (Lipinski definition) is 1. The first-order chi connectivity index (χ1) is 11.8. The molecule has 1 aliphatic rings. The fourth-order valence-electron chi connectivity index (χ4n) is 3.13. The monoisotopic (exact) mass is 342 g/mol. The van der Waals surface area contributed by atoms with Gasteiger partial charge in [-0.05, 0) is 38.1 Å². The Labute approximate surface area is 143 Å². The predicted molar refractivity (Wildman–Crippen MR) is 92.1 cm³/mol. The van der Waals surface area contributed by atoms with Crippen LogP contribution in [0.15, 0.2) is 36.0 Å². The molecule has 124 valence electrons. The SMILES string of the molecule is O=C(CN1CCC(c2nnc3ccccn23)CC1)Nc1nccs1. The van der Waals surface area contributed by atoms with Crippen LogP contribution in [0.25, 0.3) is 5.65 Å². The minimum Gasteiger partial charge on any atom is -0.301 e. The van der Waals surface area contributed by atoms with Gasteiger partial charge in [-0.15, -0.1) is 21.5 Å². The number of piperidine rings is 1. The van der Waals surface area contributed by atoms with E-state index in [0.29, 0.717) is 17.6 Å². The van der Waals surface area contributed by atoms with Gasteiger partial charge in [-0.2, -0.15) is 0 Å². The van der Waals surface area contributed by atoms with E-state index in [1.165, 1.54) is 11.3 Å². The number of rotatable bonds is 4. The average molecular weight is 342 g/mol. The van der Waals surface area contributed by atoms with Crippen LogP contribution in [0.2, 0.25) is 0 Å². The van der Waals surface area contributed by atoms with Crippen LogP contribution in [-0.4, -0.2) is 50.0 Å². The number of carbonyl (C=O) groups is 1. The van der Waals surface area contributed by atoms with Gasteiger partial charge < -0.3 is 5.32 Å². The zero-order valence-corrected chi connectivity index (χ0v) is 13.9. The highest BCUT2D eigenvalue weighted by Gasteiger charge is 2.25. The van der Waals surface area contributed by atoms with E-state index >= 15 is 0 Å². The summed E-state index contributed by atoms with van der Waals surface area (Å²) in [7, 11) is 0. The van der Waals surface area contributed by atoms with Crippen LogP contribution in [0.5, 0.6) is 0 Å². The number of thiazole rings is 1. The number of amides is 1. The summed E-state index contributed by atoms with van der Waals surface area (Å²) in [5.41, 5.74) is 0.887. The molecule has 0 unspecified atom stereocenters. The molecule has 1 amide bonds. The molecule has 0 radical (unpaired) electrons. The molecule has 0 saturated carbocycles. The summed E-state index contributed by atoms with van der Waals surface area (Å²) in [5.74, 6) is 1.41. The van der Waals surface area contributed by atoms with Crippen molar-refractivity contribution in [1.29, 1.82) is 0 Å². The molecular weight excluding hydrogens is 324 g/mol. The van der Waals surface area contributed by atoms with Crippen molar-refractivity contribution >= 4 is 28.0 Å². The van der Waals surface area contributed by atoms with E-state index in [-0.39, 0.29) is 5.91 Å². The van der Waals surface area contributed by atoms with Gasteiger partial charge in [0.25, 0.3) is 0 Å². The maximum atomic E-state index is 12.1. The molecular formula is C16H18N6OS. The molecule has 3 aromatic rings. The Kier molecular flexibility index (Phi) is 4.22. The maximum Gasteiger partial charge on any atom is 0.240 e. The first-order valence-electron chi connectivity index (χ1n) is 8.01. The average Bonchev–Trinajstić information content (AvgIpc) is 3.25. The molecule has 1 aliphatic heterocycles. The summed E-state index contributed by atoms with van der Waals surface area (Å²) in [6.45, 7) is 2.18. The van der Waals surface area contributed by atoms with Gasteiger partial charge in [0, 0.05) is 23.7 Å². The van der Waals surface area contributed by atoms with E-state index in [1.54, 1.807) is 6.20 Å². The number of fused-ring (bicyclic) bond motifs is 1. The van der Waals surface area contributed by atoms with Crippen molar-refractivity contribution in [3.63, 3.8) is 0 Å². The van der Waals surface area contributed by atoms with Crippen molar-refractivity contribution in [2.45, 2.75) is 18.8 Å². The Balaban J connectivity index is 1.34. The third kappa shape index (κ3) is 3.15. The molecule has 0 bridgehead atoms. The molecule has 0 atom stereocenters. The molecule has 1 fully saturated rings. The van der Waals surface area contributed by atoms with Crippen molar-refractivity contribution < 1.29 is 4.79 Å². The lowest BCUT2D eigenvalue weighted by atomic mass is 9.96. The van der Waals surface area contributed by atoms with Gasteiger partial charge in [0.05, 0.1) is 6.54 Å². The Bertz CT molecular complexity index is 822. The summed E-state index contributed by atoms with van der Waals surface area (Å²) in [6.07, 6.45) is 5.67. The van der Waals surface area contributed by atoms with Crippen LogP contribution in [0, 0.1) is 0 Å². The number of hydrogen-bond acceptors (Lipinski definition) is 6. The van der Waals surface area contributed by atoms with Gasteiger partial charge in [-0.25, -0.2) is 4.98 Å². The van der Waals surface area contributed by atoms with Crippen molar-refractivity contribution in [3.05, 3.63) is 41.8 Å². The first-order valence-corrected chi connectivity index (χ1v) is 8.89. The van der Waals surface area contributed by atoms with Gasteiger partial charge in [0.2, 0.25) is 5.91 Å². The summed E-state index contributed by atoms with van der Waals surface area (Å²) < 4.78 is 2.06. The Morgan fingerprint density at radius 3 is 2.96 bits per heavy atom. The molecule has 0 spiro atoms. The molecule has 8 heteroatoms. The fraction of sp³-hybridized carbons (Fsp3) is 0.375. The van der Waals surface area contributed by atoms with Crippen molar-refractivity contribution in [2.24, 2.45) is 0 Å². The van der Waals surface area contributed by atoms with E-state index in [9.17, 15) is 4.79 Å². The first kappa shape index (κ1) is 15.2. The zero-order chi connectivity index (χ0) is 16.4. The molecule has 1 saturated heterocycles. The highest BCUT2D eigenvalue weighted by molar-refractivity contribution is 7.13. The molecule has 3 aromatic heterocycles. The minimum atomic E-state index is -0.00340. The zero-order valence-electron chi connectivity index (χ0n) is 13.1. The number of aromatic nitrogens is 4. The van der Waals surface area contributed by atoms with Crippen LogP contribution in [0.1, 0.15) is 24.6 Å². The molecule has 0 aliphatic carbocycles. The highest BCUT2D eigenvalue weighted by Crippen LogP contribution is 2.27. The number of anilines is 1. The van der Waals surface area contributed by atoms with Crippen LogP contribution in [-0.2, 0) is 4.79 Å². The molecule has 1 N–H and O–H groups in total. The summed E-state index contributed by atoms with van der Waals surface area (Å²) in [4.78, 5) is 18.3. The molecule has 7 nitrogen and oxygen atoms in total. The van der Waals surface area contributed by atoms with Gasteiger partial charge in [0.1, 0.15) is 5.82 Å². The lowest BCUT2D eigenvalue weighted by Crippen LogP contribution is -2.39. The van der Waals surface area contributed by atoms with Crippen LogP contribution in [0.4, 0.5) is 5.13 Å². The van der Waals surface area contributed by atoms with Crippen LogP contribution < -0.4 is 5.32 Å². The minimum absolute atomic E-state index is 0.00340. The van der Waals surface area contributed by atoms with Crippen molar-refractivity contribution in [1.82, 2.24) is 24.5 Å². The van der Waals surface area contributed by atoms with Crippen molar-refractivity contribution in [2.75, 3.05) is 25.0 Å². The molecule has 24 heavy (non-hydrogen) atoms. The Morgan fingerprint density at radius 1 is 1.29 bits per heavy atom. The van der Waals surface area contributed by atoms with E-state index in [4.69, 9.17) is 0 Å². The summed E-state index contributed by atoms with van der Waals surface area (Å²) >= 11 is 1.43. The quantitative estimate of drug-likeness (QED) is 0.785. The van der Waals surface area contributed by atoms with Gasteiger partial charge in [0.15, 0.2) is 10.8 Å². The number of nitrogens with one attached hydrogen (secondary N) is 1. The van der Waals surface area contributed by atoms with E-state index in [2.05, 4.69) is 29.8 Å². The van der Waals surface area contributed by atoms with Crippen LogP contribution >= 0.6 is 11.3 Å². The number of pyridine rings is 1. The van der Waals surface area contributed by atoms with E-state index < -0.39 is 0 Å². The lowest BCUT2D eigenvalue weighted by Gasteiger charge is -2.30.